The van der Waals surface area contributed by atoms with E-state index in [2.05, 4.69) is 79.4 Å². The molecule has 3 rings (SSSR count). The minimum absolute atomic E-state index is 0.736. The third-order valence-corrected chi connectivity index (χ3v) is 7.40. The van der Waals surface area contributed by atoms with Crippen molar-refractivity contribution in [3.8, 4) is 11.8 Å². The lowest BCUT2D eigenvalue weighted by Gasteiger charge is -2.29. The molecule has 2 aromatic rings. The first-order valence-electron chi connectivity index (χ1n) is 10.9. The van der Waals surface area contributed by atoms with Crippen molar-refractivity contribution in [2.75, 3.05) is 0 Å². The van der Waals surface area contributed by atoms with Gasteiger partial charge < -0.3 is 0 Å². The second-order valence-corrected chi connectivity index (χ2v) is 9.23. The number of rotatable bonds is 1. The van der Waals surface area contributed by atoms with Gasteiger partial charge in [0.2, 0.25) is 0 Å². The minimum Gasteiger partial charge on any atom is -0.0625 e. The molecule has 0 N–H and O–H groups in total. The van der Waals surface area contributed by atoms with E-state index in [4.69, 9.17) is 0 Å². The van der Waals surface area contributed by atoms with Crippen molar-refractivity contribution < 1.29 is 0 Å². The van der Waals surface area contributed by atoms with Crippen molar-refractivity contribution in [3.05, 3.63) is 67.8 Å². The topological polar surface area (TPSA) is 0 Å². The van der Waals surface area contributed by atoms with Crippen LogP contribution in [-0.2, 0) is 0 Å². The molecule has 0 saturated heterocycles. The molecule has 0 nitrogen and oxygen atoms in total. The third kappa shape index (κ3) is 3.91. The Labute approximate surface area is 172 Å². The predicted octanol–water partition coefficient (Wildman–Crippen LogP) is 7.54. The molecule has 1 fully saturated rings. The van der Waals surface area contributed by atoms with Crippen LogP contribution in [0.15, 0.2) is 12.1 Å². The maximum atomic E-state index is 3.54. The van der Waals surface area contributed by atoms with Gasteiger partial charge in [0.25, 0.3) is 0 Å². The molecule has 28 heavy (non-hydrogen) atoms. The van der Waals surface area contributed by atoms with Crippen LogP contribution >= 0.6 is 0 Å². The summed E-state index contributed by atoms with van der Waals surface area (Å²) >= 11 is 0. The Kier molecular flexibility index (Phi) is 6.04. The van der Waals surface area contributed by atoms with Gasteiger partial charge in [-0.05, 0) is 124 Å². The van der Waals surface area contributed by atoms with Gasteiger partial charge in [0.1, 0.15) is 0 Å². The van der Waals surface area contributed by atoms with Crippen LogP contribution in [0, 0.1) is 66.2 Å². The lowest BCUT2D eigenvalue weighted by atomic mass is 9.76. The summed E-state index contributed by atoms with van der Waals surface area (Å²) in [6.45, 7) is 18.0. The Morgan fingerprint density at radius 1 is 0.643 bits per heavy atom. The zero-order chi connectivity index (χ0) is 20.6. The van der Waals surface area contributed by atoms with Crippen LogP contribution in [0.1, 0.15) is 94.2 Å². The molecule has 1 saturated carbocycles. The van der Waals surface area contributed by atoms with Gasteiger partial charge in [0, 0.05) is 11.1 Å². The van der Waals surface area contributed by atoms with E-state index in [-0.39, 0.29) is 0 Å². The molecule has 0 aliphatic heterocycles. The zero-order valence-electron chi connectivity index (χ0n) is 19.1. The summed E-state index contributed by atoms with van der Waals surface area (Å²) in [6.07, 6.45) is 5.42. The van der Waals surface area contributed by atoms with Gasteiger partial charge in [-0.15, -0.1) is 0 Å². The summed E-state index contributed by atoms with van der Waals surface area (Å²) in [7, 11) is 0. The largest absolute Gasteiger partial charge is 0.0625 e. The Morgan fingerprint density at radius 2 is 1.29 bits per heavy atom. The first-order chi connectivity index (χ1) is 13.2. The summed E-state index contributed by atoms with van der Waals surface area (Å²) in [5.74, 6) is 8.68. The fraction of sp³-hybridized carbons (Fsp3) is 0.500. The van der Waals surface area contributed by atoms with E-state index in [1.165, 1.54) is 75.8 Å². The highest BCUT2D eigenvalue weighted by atomic mass is 14.3. The number of hydrogen-bond donors (Lipinski definition) is 0. The van der Waals surface area contributed by atoms with Crippen molar-refractivity contribution in [3.63, 3.8) is 0 Å². The molecule has 0 spiro atoms. The van der Waals surface area contributed by atoms with Gasteiger partial charge in [0.15, 0.2) is 0 Å². The lowest BCUT2D eigenvalue weighted by molar-refractivity contribution is 0.347. The zero-order valence-corrected chi connectivity index (χ0v) is 19.1. The second-order valence-electron chi connectivity index (χ2n) is 9.23. The highest BCUT2D eigenvalue weighted by molar-refractivity contribution is 5.58. The smallest absolute Gasteiger partial charge is 0.0310 e. The molecular formula is C28H36. The predicted molar refractivity (Wildman–Crippen MR) is 122 cm³/mol. The Morgan fingerprint density at radius 3 is 1.93 bits per heavy atom. The molecule has 1 aliphatic carbocycles. The SMILES string of the molecule is Cc1cc(C#Cc2c(C)cc(C3CCC(C)CC3)c(C)c2C)c(C)c(C)c1C. The van der Waals surface area contributed by atoms with Crippen molar-refractivity contribution in [1.29, 1.82) is 0 Å². The van der Waals surface area contributed by atoms with Crippen LogP contribution in [0.25, 0.3) is 0 Å². The molecule has 0 heterocycles. The van der Waals surface area contributed by atoms with Gasteiger partial charge >= 0.3 is 0 Å². The summed E-state index contributed by atoms with van der Waals surface area (Å²) in [5, 5.41) is 0. The van der Waals surface area contributed by atoms with Gasteiger partial charge in [-0.2, -0.15) is 0 Å². The molecule has 148 valence electrons. The first kappa shape index (κ1) is 20.7. The molecule has 0 heteroatoms. The van der Waals surface area contributed by atoms with Crippen LogP contribution < -0.4 is 0 Å². The van der Waals surface area contributed by atoms with Crippen LogP contribution in [0.3, 0.4) is 0 Å². The van der Waals surface area contributed by atoms with E-state index in [0.717, 1.165) is 11.8 Å². The van der Waals surface area contributed by atoms with Crippen LogP contribution in [0.4, 0.5) is 0 Å². The maximum absolute atomic E-state index is 3.54. The molecule has 0 atom stereocenters. The molecule has 0 radical (unpaired) electrons. The van der Waals surface area contributed by atoms with Crippen molar-refractivity contribution >= 4 is 0 Å². The lowest BCUT2D eigenvalue weighted by Crippen LogP contribution is -2.13. The molecule has 0 amide bonds. The van der Waals surface area contributed by atoms with Gasteiger partial charge in [0.05, 0.1) is 0 Å². The number of hydrogen-bond acceptors (Lipinski definition) is 0. The number of benzene rings is 2. The Bertz CT molecular complexity index is 954. The van der Waals surface area contributed by atoms with E-state index < -0.39 is 0 Å². The highest BCUT2D eigenvalue weighted by Gasteiger charge is 2.22. The standard InChI is InChI=1S/C28H36/c1-17-9-11-25(12-10-17)28-16-19(3)27(23(7)24(28)8)14-13-26-15-18(2)20(4)21(5)22(26)6/h15-17,25H,9-12H2,1-8H3. The Balaban J connectivity index is 2.00. The third-order valence-electron chi connectivity index (χ3n) is 7.40. The molecule has 2 aromatic carbocycles. The first-order valence-corrected chi connectivity index (χ1v) is 10.9. The van der Waals surface area contributed by atoms with Gasteiger partial charge in [-0.3, -0.25) is 0 Å². The normalized spacial score (nSPS) is 19.3. The monoisotopic (exact) mass is 372 g/mol. The van der Waals surface area contributed by atoms with E-state index in [9.17, 15) is 0 Å². The van der Waals surface area contributed by atoms with Crippen LogP contribution in [-0.4, -0.2) is 0 Å². The molecule has 0 aromatic heterocycles. The average Bonchev–Trinajstić information content (AvgIpc) is 2.67. The van der Waals surface area contributed by atoms with Crippen molar-refractivity contribution in [2.45, 2.75) is 87.0 Å². The average molecular weight is 373 g/mol. The van der Waals surface area contributed by atoms with E-state index in [1.54, 1.807) is 5.56 Å². The van der Waals surface area contributed by atoms with Crippen molar-refractivity contribution in [1.82, 2.24) is 0 Å². The summed E-state index contributed by atoms with van der Waals surface area (Å²) in [5.41, 5.74) is 13.5. The summed E-state index contributed by atoms with van der Waals surface area (Å²) < 4.78 is 0. The second kappa shape index (κ2) is 8.16. The fourth-order valence-corrected chi connectivity index (χ4v) is 4.77. The van der Waals surface area contributed by atoms with Gasteiger partial charge in [-0.25, -0.2) is 0 Å². The van der Waals surface area contributed by atoms with Crippen LogP contribution in [0.5, 0.6) is 0 Å². The van der Waals surface area contributed by atoms with E-state index in [0.29, 0.717) is 0 Å². The number of aryl methyl sites for hydroxylation is 2. The van der Waals surface area contributed by atoms with E-state index >= 15 is 0 Å². The molecule has 0 bridgehead atoms. The fourth-order valence-electron chi connectivity index (χ4n) is 4.77. The summed E-state index contributed by atoms with van der Waals surface area (Å²) in [6, 6.07) is 4.69. The van der Waals surface area contributed by atoms with Gasteiger partial charge in [-0.1, -0.05) is 37.7 Å². The maximum Gasteiger partial charge on any atom is 0.0310 e. The van der Waals surface area contributed by atoms with Crippen LogP contribution in [0.2, 0.25) is 0 Å². The molecular weight excluding hydrogens is 336 g/mol. The molecule has 0 unspecified atom stereocenters. The Hall–Kier alpha value is -2.00. The molecule has 1 aliphatic rings. The highest BCUT2D eigenvalue weighted by Crippen LogP contribution is 2.38. The van der Waals surface area contributed by atoms with Crippen molar-refractivity contribution in [2.24, 2.45) is 5.92 Å². The summed E-state index contributed by atoms with van der Waals surface area (Å²) in [4.78, 5) is 0. The minimum atomic E-state index is 0.736. The quantitative estimate of drug-likeness (QED) is 0.454. The van der Waals surface area contributed by atoms with E-state index in [1.807, 2.05) is 0 Å².